The molecule has 112 valence electrons. The van der Waals surface area contributed by atoms with Gasteiger partial charge in [-0.1, -0.05) is 18.2 Å². The summed E-state index contributed by atoms with van der Waals surface area (Å²) in [7, 11) is 0. The molecule has 0 aliphatic carbocycles. The smallest absolute Gasteiger partial charge is 0.149 e. The second kappa shape index (κ2) is 6.49. The summed E-state index contributed by atoms with van der Waals surface area (Å²) in [4.78, 5) is 3.77. The summed E-state index contributed by atoms with van der Waals surface area (Å²) in [6.07, 6.45) is 5.34. The first-order valence-electron chi connectivity index (χ1n) is 7.12. The fraction of sp³-hybridized carbons (Fsp3) is 0.176. The normalized spacial score (nSPS) is 10.8. The van der Waals surface area contributed by atoms with Gasteiger partial charge in [0.05, 0.1) is 11.9 Å². The second-order valence-electron chi connectivity index (χ2n) is 4.98. The summed E-state index contributed by atoms with van der Waals surface area (Å²) >= 11 is 0. The molecule has 0 spiro atoms. The Bertz CT molecular complexity index is 770. The van der Waals surface area contributed by atoms with E-state index in [1.807, 2.05) is 36.5 Å². The Morgan fingerprint density at radius 1 is 1.14 bits per heavy atom. The van der Waals surface area contributed by atoms with Crippen molar-refractivity contribution in [2.45, 2.75) is 13.0 Å². The molecule has 0 unspecified atom stereocenters. The van der Waals surface area contributed by atoms with Crippen molar-refractivity contribution >= 4 is 0 Å². The molecule has 0 saturated heterocycles. The van der Waals surface area contributed by atoms with Crippen molar-refractivity contribution in [2.24, 2.45) is 0 Å². The summed E-state index contributed by atoms with van der Waals surface area (Å²) in [5, 5.41) is 13.3. The summed E-state index contributed by atoms with van der Waals surface area (Å²) in [6, 6.07) is 11.2. The van der Waals surface area contributed by atoms with Gasteiger partial charge in [0.25, 0.3) is 0 Å². The predicted octanol–water partition coefficient (Wildman–Crippen LogP) is 3.13. The molecule has 0 amide bonds. The zero-order chi connectivity index (χ0) is 15.4. The van der Waals surface area contributed by atoms with E-state index in [0.717, 1.165) is 16.8 Å². The molecule has 0 fully saturated rings. The standard InChI is InChI=1S/C17H16FN3O/c18-16-12-19-7-5-15(16)13-3-1-4-14(11-13)17-6-9-21(20-17)8-2-10-22/h1,3-7,9,11-12,22H,2,8,10H2. The number of hydrogen-bond acceptors (Lipinski definition) is 3. The number of aromatic nitrogens is 3. The Balaban J connectivity index is 1.91. The number of aliphatic hydroxyl groups is 1. The first-order chi connectivity index (χ1) is 10.8. The number of aryl methyl sites for hydroxylation is 1. The van der Waals surface area contributed by atoms with Crippen molar-refractivity contribution in [2.75, 3.05) is 6.61 Å². The van der Waals surface area contributed by atoms with Crippen molar-refractivity contribution < 1.29 is 9.50 Å². The number of rotatable bonds is 5. The quantitative estimate of drug-likeness (QED) is 0.787. The van der Waals surface area contributed by atoms with E-state index in [0.29, 0.717) is 18.5 Å². The number of hydrogen-bond donors (Lipinski definition) is 1. The van der Waals surface area contributed by atoms with E-state index in [9.17, 15) is 4.39 Å². The van der Waals surface area contributed by atoms with Gasteiger partial charge >= 0.3 is 0 Å². The maximum absolute atomic E-state index is 13.8. The topological polar surface area (TPSA) is 50.9 Å². The van der Waals surface area contributed by atoms with Crippen LogP contribution < -0.4 is 0 Å². The summed E-state index contributed by atoms with van der Waals surface area (Å²) in [5.41, 5.74) is 3.07. The lowest BCUT2D eigenvalue weighted by atomic mass is 10.0. The minimum absolute atomic E-state index is 0.145. The van der Waals surface area contributed by atoms with E-state index in [1.54, 1.807) is 16.9 Å². The van der Waals surface area contributed by atoms with E-state index < -0.39 is 0 Å². The van der Waals surface area contributed by atoms with E-state index >= 15 is 0 Å². The number of benzene rings is 1. The maximum atomic E-state index is 13.8. The van der Waals surface area contributed by atoms with Gasteiger partial charge in [-0.05, 0) is 30.2 Å². The van der Waals surface area contributed by atoms with Crippen molar-refractivity contribution in [3.8, 4) is 22.4 Å². The van der Waals surface area contributed by atoms with Gasteiger partial charge in [0.2, 0.25) is 0 Å². The molecule has 5 heteroatoms. The average molecular weight is 297 g/mol. The molecule has 2 aromatic heterocycles. The van der Waals surface area contributed by atoms with Gasteiger partial charge in [0, 0.05) is 36.7 Å². The molecule has 0 aliphatic rings. The van der Waals surface area contributed by atoms with Crippen LogP contribution in [0.2, 0.25) is 0 Å². The SMILES string of the molecule is OCCCn1ccc(-c2cccc(-c3ccncc3F)c2)n1. The molecule has 0 radical (unpaired) electrons. The Morgan fingerprint density at radius 2 is 2.00 bits per heavy atom. The largest absolute Gasteiger partial charge is 0.396 e. The van der Waals surface area contributed by atoms with Crippen LogP contribution in [-0.2, 0) is 6.54 Å². The van der Waals surface area contributed by atoms with Crippen LogP contribution in [-0.4, -0.2) is 26.5 Å². The average Bonchev–Trinajstić information content (AvgIpc) is 3.02. The highest BCUT2D eigenvalue weighted by atomic mass is 19.1. The molecule has 0 saturated carbocycles. The molecule has 0 aliphatic heterocycles. The van der Waals surface area contributed by atoms with Crippen LogP contribution in [0.15, 0.2) is 55.0 Å². The number of aliphatic hydroxyl groups excluding tert-OH is 1. The predicted molar refractivity (Wildman–Crippen MR) is 82.6 cm³/mol. The molecule has 0 atom stereocenters. The molecule has 1 aromatic carbocycles. The van der Waals surface area contributed by atoms with Crippen LogP contribution in [0.4, 0.5) is 4.39 Å². The third-order valence-electron chi connectivity index (χ3n) is 3.43. The van der Waals surface area contributed by atoms with E-state index in [4.69, 9.17) is 5.11 Å². The van der Waals surface area contributed by atoms with Crippen LogP contribution in [0.25, 0.3) is 22.4 Å². The third-order valence-corrected chi connectivity index (χ3v) is 3.43. The lowest BCUT2D eigenvalue weighted by Gasteiger charge is -2.05. The lowest BCUT2D eigenvalue weighted by molar-refractivity contribution is 0.277. The molecule has 1 N–H and O–H groups in total. The first-order valence-corrected chi connectivity index (χ1v) is 7.12. The first kappa shape index (κ1) is 14.4. The molecule has 0 bridgehead atoms. The molecule has 2 heterocycles. The minimum atomic E-state index is -0.340. The molecular weight excluding hydrogens is 281 g/mol. The van der Waals surface area contributed by atoms with E-state index in [-0.39, 0.29) is 12.4 Å². The monoisotopic (exact) mass is 297 g/mol. The van der Waals surface area contributed by atoms with Crippen LogP contribution in [0.3, 0.4) is 0 Å². The molecular formula is C17H16FN3O. The van der Waals surface area contributed by atoms with Gasteiger partial charge in [0.1, 0.15) is 5.82 Å². The fourth-order valence-electron chi connectivity index (χ4n) is 2.33. The fourth-order valence-corrected chi connectivity index (χ4v) is 2.33. The van der Waals surface area contributed by atoms with Crippen molar-refractivity contribution in [3.63, 3.8) is 0 Å². The molecule has 3 rings (SSSR count). The van der Waals surface area contributed by atoms with Crippen LogP contribution >= 0.6 is 0 Å². The van der Waals surface area contributed by atoms with E-state index in [2.05, 4.69) is 10.1 Å². The number of halogens is 1. The summed E-state index contributed by atoms with van der Waals surface area (Å²) in [6.45, 7) is 0.821. The molecule has 22 heavy (non-hydrogen) atoms. The Morgan fingerprint density at radius 3 is 2.82 bits per heavy atom. The minimum Gasteiger partial charge on any atom is -0.396 e. The van der Waals surface area contributed by atoms with Gasteiger partial charge in [-0.15, -0.1) is 0 Å². The highest BCUT2D eigenvalue weighted by Crippen LogP contribution is 2.26. The van der Waals surface area contributed by atoms with Crippen LogP contribution in [0.1, 0.15) is 6.42 Å². The van der Waals surface area contributed by atoms with E-state index in [1.165, 1.54) is 6.20 Å². The van der Waals surface area contributed by atoms with Gasteiger partial charge in [0.15, 0.2) is 0 Å². The van der Waals surface area contributed by atoms with Gasteiger partial charge in [-0.2, -0.15) is 5.10 Å². The van der Waals surface area contributed by atoms with Crippen molar-refractivity contribution in [1.29, 1.82) is 0 Å². The summed E-state index contributed by atoms with van der Waals surface area (Å²) in [5.74, 6) is -0.340. The summed E-state index contributed by atoms with van der Waals surface area (Å²) < 4.78 is 15.6. The van der Waals surface area contributed by atoms with Crippen molar-refractivity contribution in [3.05, 3.63) is 60.8 Å². The van der Waals surface area contributed by atoms with Crippen molar-refractivity contribution in [1.82, 2.24) is 14.8 Å². The Labute approximate surface area is 127 Å². The van der Waals surface area contributed by atoms with Crippen LogP contribution in [0.5, 0.6) is 0 Å². The molecule has 3 aromatic rings. The zero-order valence-corrected chi connectivity index (χ0v) is 12.0. The Kier molecular flexibility index (Phi) is 4.25. The number of nitrogens with zero attached hydrogens (tertiary/aromatic N) is 3. The zero-order valence-electron chi connectivity index (χ0n) is 12.0. The third kappa shape index (κ3) is 3.04. The van der Waals surface area contributed by atoms with Crippen LogP contribution in [0, 0.1) is 5.82 Å². The lowest BCUT2D eigenvalue weighted by Crippen LogP contribution is -2.00. The van der Waals surface area contributed by atoms with Gasteiger partial charge in [-0.3, -0.25) is 9.67 Å². The highest BCUT2D eigenvalue weighted by Gasteiger charge is 2.08. The van der Waals surface area contributed by atoms with Gasteiger partial charge < -0.3 is 5.11 Å². The Hall–Kier alpha value is -2.53. The van der Waals surface area contributed by atoms with Gasteiger partial charge in [-0.25, -0.2) is 4.39 Å². The number of pyridine rings is 1. The highest BCUT2D eigenvalue weighted by molar-refractivity contribution is 5.71. The second-order valence-corrected chi connectivity index (χ2v) is 4.98. The molecule has 4 nitrogen and oxygen atoms in total. The maximum Gasteiger partial charge on any atom is 0.149 e.